The number of likely N-dealkylation sites (tertiary alicyclic amines) is 1. The van der Waals surface area contributed by atoms with Gasteiger partial charge in [-0.15, -0.1) is 0 Å². The molecule has 9 rings (SSSR count). The van der Waals surface area contributed by atoms with Gasteiger partial charge in [0.05, 0.1) is 48.6 Å². The zero-order valence-corrected chi connectivity index (χ0v) is 44.4. The predicted octanol–water partition coefficient (Wildman–Crippen LogP) is 2.42. The van der Waals surface area contributed by atoms with Gasteiger partial charge in [0.1, 0.15) is 31.3 Å². The predicted molar refractivity (Wildman–Crippen MR) is 281 cm³/mol. The third kappa shape index (κ3) is 12.0. The molecule has 4 aromatic rings. The van der Waals surface area contributed by atoms with Gasteiger partial charge in [-0.25, -0.2) is 14.2 Å². The van der Waals surface area contributed by atoms with E-state index in [0.717, 1.165) is 29.4 Å². The van der Waals surface area contributed by atoms with Crippen molar-refractivity contribution in [1.29, 1.82) is 0 Å². The molecule has 0 radical (unpaired) electrons. The summed E-state index contributed by atoms with van der Waals surface area (Å²) in [7, 11) is 0. The summed E-state index contributed by atoms with van der Waals surface area (Å²) in [6.07, 6.45) is 3.56. The summed E-state index contributed by atoms with van der Waals surface area (Å²) in [5.41, 5.74) is 2.39. The smallest absolute Gasteiger partial charge is 0.343 e. The highest BCUT2D eigenvalue weighted by molar-refractivity contribution is 6.03. The van der Waals surface area contributed by atoms with E-state index in [-0.39, 0.29) is 104 Å². The molecule has 1 saturated carbocycles. The van der Waals surface area contributed by atoms with Crippen LogP contribution in [0.2, 0.25) is 0 Å². The number of nitrogens with zero attached hydrogens (tertiary/aromatic N) is 3. The molecule has 22 heteroatoms. The van der Waals surface area contributed by atoms with Gasteiger partial charge in [-0.3, -0.25) is 48.1 Å². The Morgan fingerprint density at radius 3 is 2.33 bits per heavy atom. The lowest BCUT2D eigenvalue weighted by atomic mass is 9.76. The number of benzene rings is 2. The van der Waals surface area contributed by atoms with Crippen LogP contribution < -0.4 is 32.1 Å². The standard InChI is InChI=1S/C57H65FN8O13/c1-4-57(77)38-22-42-51-36(27-66(42)55(75)37(38)28-78-56(57)76)49-34(16-17-35-31(3)39(58)23-40(64-51)50(35)49)21-43(67)52(33-14-15-33)79-29-62-46(70)25-61-53(73)41(20-32-11-7-5-8-12-32)63-47(71)26-60-45(69)24-59-44(68)13-9-6-10-18-65-48(72)19-30(2)54(65)74/h5,7-8,11-12,22-23,30,33-34,41,52,77H,4,6,9-10,13-21,24-29H2,1-3H3,(H,59,68)(H,60,69)(H,61,73)(H,62,70)(H,63,71)/t30?,34-,41+,52?,57+/m1/s1. The molecular weight excluding hydrogens is 1020 g/mol. The van der Waals surface area contributed by atoms with E-state index in [0.29, 0.717) is 72.2 Å². The van der Waals surface area contributed by atoms with E-state index in [1.165, 1.54) is 15.5 Å². The van der Waals surface area contributed by atoms with Crippen molar-refractivity contribution in [2.75, 3.05) is 32.9 Å². The number of carbonyl (C=O) groups is 9. The highest BCUT2D eigenvalue weighted by Gasteiger charge is 2.46. The fourth-order valence-corrected chi connectivity index (χ4v) is 11.3. The normalized spacial score (nSPS) is 19.7. The molecule has 7 amide bonds. The number of fused-ring (bicyclic) bond motifs is 5. The zero-order valence-electron chi connectivity index (χ0n) is 44.4. The number of Topliss-reactive ketones (excluding diaryl/α,β-unsaturated/α-hetero) is 1. The average Bonchev–Trinajstić information content (AvgIpc) is 3.99. The van der Waals surface area contributed by atoms with Crippen LogP contribution in [0.1, 0.15) is 123 Å². The second-order valence-electron chi connectivity index (χ2n) is 21.3. The number of rotatable bonds is 24. The first-order valence-electron chi connectivity index (χ1n) is 27.1. The lowest BCUT2D eigenvalue weighted by Gasteiger charge is -2.31. The van der Waals surface area contributed by atoms with Crippen LogP contribution in [0, 0.1) is 24.6 Å². The first-order valence-corrected chi connectivity index (χ1v) is 27.1. The van der Waals surface area contributed by atoms with Crippen molar-refractivity contribution in [3.63, 3.8) is 0 Å². The number of ether oxygens (including phenoxy) is 2. The minimum absolute atomic E-state index is 0.0376. The van der Waals surface area contributed by atoms with Crippen molar-refractivity contribution < 1.29 is 62.1 Å². The van der Waals surface area contributed by atoms with E-state index in [1.54, 1.807) is 57.2 Å². The van der Waals surface area contributed by atoms with E-state index >= 15 is 4.39 Å². The Hall–Kier alpha value is -7.72. The summed E-state index contributed by atoms with van der Waals surface area (Å²) in [5.74, 6) is -5.70. The SMILES string of the molecule is CC[C@@]1(O)C(=O)OCc2c1cc1n(c2=O)Cc2c-1nc1cc(F)c(C)c3c1c2[C@@H](CC(=O)C(OCNC(=O)CNC(=O)[C@H](Cc1ccccc1)NC(=O)CNC(=O)CNC(=O)CCCCCN1C(=O)CC(C)C1=O)C1CC1)CC3. The third-order valence-corrected chi connectivity index (χ3v) is 15.8. The van der Waals surface area contributed by atoms with Gasteiger partial charge in [-0.05, 0) is 92.0 Å². The molecular formula is C57H65FN8O13. The maximum atomic E-state index is 15.5. The number of amides is 7. The van der Waals surface area contributed by atoms with Gasteiger partial charge >= 0.3 is 5.97 Å². The van der Waals surface area contributed by atoms with Crippen molar-refractivity contribution in [2.45, 2.75) is 135 Å². The van der Waals surface area contributed by atoms with Crippen molar-refractivity contribution in [2.24, 2.45) is 11.8 Å². The molecule has 0 bridgehead atoms. The Kier molecular flexibility index (Phi) is 16.8. The third-order valence-electron chi connectivity index (χ3n) is 15.8. The number of hydrogen-bond acceptors (Lipinski definition) is 14. The number of ketones is 1. The van der Waals surface area contributed by atoms with Gasteiger partial charge in [0.15, 0.2) is 11.4 Å². The van der Waals surface area contributed by atoms with Crippen LogP contribution in [-0.2, 0) is 84.2 Å². The minimum Gasteiger partial charge on any atom is -0.458 e. The van der Waals surface area contributed by atoms with Crippen LogP contribution in [0.4, 0.5) is 4.39 Å². The van der Waals surface area contributed by atoms with Gasteiger partial charge in [0.2, 0.25) is 41.4 Å². The fourth-order valence-electron chi connectivity index (χ4n) is 11.3. The molecule has 79 heavy (non-hydrogen) atoms. The summed E-state index contributed by atoms with van der Waals surface area (Å²) in [5, 5.41) is 24.8. The van der Waals surface area contributed by atoms with Crippen LogP contribution >= 0.6 is 0 Å². The minimum atomic E-state index is -2.04. The molecule has 0 spiro atoms. The zero-order chi connectivity index (χ0) is 56.3. The Balaban J connectivity index is 0.772. The Morgan fingerprint density at radius 1 is 0.886 bits per heavy atom. The Labute approximate surface area is 454 Å². The summed E-state index contributed by atoms with van der Waals surface area (Å²) in [6, 6.07) is 10.6. The number of imide groups is 1. The monoisotopic (exact) mass is 1090 g/mol. The van der Waals surface area contributed by atoms with Crippen LogP contribution in [0.25, 0.3) is 22.3 Å². The number of cyclic esters (lactones) is 1. The van der Waals surface area contributed by atoms with Crippen molar-refractivity contribution in [3.05, 3.63) is 97.6 Å². The Morgan fingerprint density at radius 2 is 1.61 bits per heavy atom. The molecule has 1 saturated heterocycles. The van der Waals surface area contributed by atoms with Gasteiger partial charge in [-0.2, -0.15) is 0 Å². The summed E-state index contributed by atoms with van der Waals surface area (Å²) in [4.78, 5) is 136. The van der Waals surface area contributed by atoms with Crippen molar-refractivity contribution in [1.82, 2.24) is 41.0 Å². The summed E-state index contributed by atoms with van der Waals surface area (Å²) >= 11 is 0. The van der Waals surface area contributed by atoms with E-state index in [9.17, 15) is 53.1 Å². The van der Waals surface area contributed by atoms with Gasteiger partial charge in [0, 0.05) is 60.7 Å². The van der Waals surface area contributed by atoms with Crippen LogP contribution in [-0.4, -0.2) is 118 Å². The van der Waals surface area contributed by atoms with Gasteiger partial charge in [0.25, 0.3) is 5.56 Å². The maximum Gasteiger partial charge on any atom is 0.343 e. The number of esters is 1. The average molecular weight is 1090 g/mol. The van der Waals surface area contributed by atoms with Gasteiger partial charge < -0.3 is 45.7 Å². The second-order valence-corrected chi connectivity index (χ2v) is 21.3. The van der Waals surface area contributed by atoms with Crippen molar-refractivity contribution >= 4 is 64.0 Å². The highest BCUT2D eigenvalue weighted by Crippen LogP contribution is 2.48. The molecule has 2 aromatic heterocycles. The summed E-state index contributed by atoms with van der Waals surface area (Å²) < 4.78 is 28.4. The lowest BCUT2D eigenvalue weighted by Crippen LogP contribution is -2.52. The number of unbranched alkanes of at least 4 members (excludes halogenated alkanes) is 2. The highest BCUT2D eigenvalue weighted by atomic mass is 19.1. The molecule has 418 valence electrons. The molecule has 5 atom stereocenters. The van der Waals surface area contributed by atoms with E-state index in [4.69, 9.17) is 14.5 Å². The molecule has 3 aliphatic heterocycles. The fraction of sp³-hybridized carbons (Fsp3) is 0.491. The van der Waals surface area contributed by atoms with E-state index < -0.39 is 78.4 Å². The second kappa shape index (κ2) is 23.7. The molecule has 6 N–H and O–H groups in total. The molecule has 2 unspecified atom stereocenters. The summed E-state index contributed by atoms with van der Waals surface area (Å²) in [6.45, 7) is 3.38. The number of nitrogens with one attached hydrogen (secondary N) is 5. The number of hydrogen-bond donors (Lipinski definition) is 6. The Bertz CT molecular complexity index is 3210. The first-order chi connectivity index (χ1) is 37.9. The van der Waals surface area contributed by atoms with Crippen LogP contribution in [0.5, 0.6) is 0 Å². The number of aryl methyl sites for hydroxylation is 1. The lowest BCUT2D eigenvalue weighted by molar-refractivity contribution is -0.172. The number of aliphatic hydroxyl groups is 1. The van der Waals surface area contributed by atoms with Crippen molar-refractivity contribution in [3.8, 4) is 11.4 Å². The quantitative estimate of drug-likeness (QED) is 0.0224. The topological polar surface area (TPSA) is 291 Å². The molecule has 5 aliphatic rings. The first kappa shape index (κ1) is 56.0. The van der Waals surface area contributed by atoms with Gasteiger partial charge in [-0.1, -0.05) is 50.6 Å². The van der Waals surface area contributed by atoms with E-state index in [1.807, 2.05) is 0 Å². The maximum absolute atomic E-state index is 15.5. The number of aromatic nitrogens is 2. The van der Waals surface area contributed by atoms with Crippen LogP contribution in [0.3, 0.4) is 0 Å². The molecule has 2 aromatic carbocycles. The number of carbonyl (C=O) groups excluding carboxylic acids is 9. The number of pyridine rings is 2. The van der Waals surface area contributed by atoms with Crippen LogP contribution in [0.15, 0.2) is 47.3 Å². The molecule has 2 fully saturated rings. The van der Waals surface area contributed by atoms with E-state index in [2.05, 4.69) is 26.6 Å². The largest absolute Gasteiger partial charge is 0.458 e. The number of halogens is 1. The molecule has 2 aliphatic carbocycles. The molecule has 21 nitrogen and oxygen atoms in total. The molecule has 5 heterocycles.